The third-order valence-electron chi connectivity index (χ3n) is 1.30. The van der Waals surface area contributed by atoms with E-state index in [0.29, 0.717) is 6.54 Å². The van der Waals surface area contributed by atoms with Crippen molar-refractivity contribution in [3.63, 3.8) is 0 Å². The lowest BCUT2D eigenvalue weighted by atomic mass is 10.3. The van der Waals surface area contributed by atoms with Crippen LogP contribution >= 0.6 is 11.8 Å². The molecule has 1 rings (SSSR count). The van der Waals surface area contributed by atoms with Gasteiger partial charge in [-0.15, -0.1) is 11.8 Å². The summed E-state index contributed by atoms with van der Waals surface area (Å²) in [6.45, 7) is 0.573. The first-order chi connectivity index (χ1) is 4.88. The molecule has 0 fully saturated rings. The number of aromatic nitrogens is 1. The molecule has 3 heteroatoms. The van der Waals surface area contributed by atoms with Gasteiger partial charge in [-0.25, -0.2) is 0 Å². The van der Waals surface area contributed by atoms with E-state index in [9.17, 15) is 0 Å². The molecular weight excluding hydrogens is 144 g/mol. The Morgan fingerprint density at radius 2 is 2.50 bits per heavy atom. The molecule has 0 unspecified atom stereocenters. The summed E-state index contributed by atoms with van der Waals surface area (Å²) in [5.41, 5.74) is 6.59. The Hall–Kier alpha value is -0.540. The molecule has 0 aliphatic heterocycles. The summed E-state index contributed by atoms with van der Waals surface area (Å²) in [6, 6.07) is 1.98. The predicted molar refractivity (Wildman–Crippen MR) is 43.9 cm³/mol. The van der Waals surface area contributed by atoms with Gasteiger partial charge in [0.1, 0.15) is 0 Å². The van der Waals surface area contributed by atoms with Gasteiger partial charge in [0.15, 0.2) is 0 Å². The first kappa shape index (κ1) is 7.57. The topological polar surface area (TPSA) is 38.9 Å². The van der Waals surface area contributed by atoms with Gasteiger partial charge < -0.3 is 5.73 Å². The van der Waals surface area contributed by atoms with E-state index in [0.717, 1.165) is 5.56 Å². The average Bonchev–Trinajstić information content (AvgIpc) is 2.04. The van der Waals surface area contributed by atoms with Crippen molar-refractivity contribution in [1.29, 1.82) is 0 Å². The van der Waals surface area contributed by atoms with E-state index < -0.39 is 0 Å². The summed E-state index contributed by atoms with van der Waals surface area (Å²) in [5, 5.41) is 0. The SMILES string of the molecule is CSc1ccncc1CN. The van der Waals surface area contributed by atoms with Crippen LogP contribution in [0.3, 0.4) is 0 Å². The van der Waals surface area contributed by atoms with E-state index >= 15 is 0 Å². The molecule has 0 spiro atoms. The molecule has 0 saturated heterocycles. The van der Waals surface area contributed by atoms with E-state index in [1.54, 1.807) is 18.0 Å². The van der Waals surface area contributed by atoms with Crippen molar-refractivity contribution in [2.75, 3.05) is 6.26 Å². The maximum absolute atomic E-state index is 5.47. The van der Waals surface area contributed by atoms with Crippen molar-refractivity contribution in [3.05, 3.63) is 24.0 Å². The Balaban J connectivity index is 2.96. The van der Waals surface area contributed by atoms with Gasteiger partial charge in [-0.05, 0) is 17.9 Å². The zero-order valence-electron chi connectivity index (χ0n) is 5.87. The van der Waals surface area contributed by atoms with Gasteiger partial charge in [-0.2, -0.15) is 0 Å². The summed E-state index contributed by atoms with van der Waals surface area (Å²) in [7, 11) is 0. The van der Waals surface area contributed by atoms with Crippen LogP contribution < -0.4 is 5.73 Å². The van der Waals surface area contributed by atoms with Crippen LogP contribution in [0.4, 0.5) is 0 Å². The van der Waals surface area contributed by atoms with Crippen LogP contribution in [0, 0.1) is 0 Å². The van der Waals surface area contributed by atoms with E-state index in [-0.39, 0.29) is 0 Å². The molecule has 0 radical (unpaired) electrons. The van der Waals surface area contributed by atoms with Crippen LogP contribution in [0.2, 0.25) is 0 Å². The number of thioether (sulfide) groups is 1. The Bertz CT molecular complexity index is 190. The lowest BCUT2D eigenvalue weighted by molar-refractivity contribution is 1.00. The van der Waals surface area contributed by atoms with E-state index in [2.05, 4.69) is 4.98 Å². The summed E-state index contributed by atoms with van der Waals surface area (Å²) in [6.07, 6.45) is 5.63. The smallest absolute Gasteiger partial charge is 0.0323 e. The molecule has 10 heavy (non-hydrogen) atoms. The van der Waals surface area contributed by atoms with Gasteiger partial charge in [0.25, 0.3) is 0 Å². The number of rotatable bonds is 2. The van der Waals surface area contributed by atoms with E-state index in [1.807, 2.05) is 18.5 Å². The monoisotopic (exact) mass is 154 g/mol. The standard InChI is InChI=1S/C7H10N2S/c1-10-7-2-3-9-5-6(7)4-8/h2-3,5H,4,8H2,1H3. The van der Waals surface area contributed by atoms with Gasteiger partial charge in [-0.3, -0.25) is 4.98 Å². The molecule has 0 aliphatic rings. The molecule has 54 valence electrons. The first-order valence-corrected chi connectivity index (χ1v) is 4.28. The molecule has 0 aliphatic carbocycles. The van der Waals surface area contributed by atoms with E-state index in [4.69, 9.17) is 5.73 Å². The highest BCUT2D eigenvalue weighted by Gasteiger charge is 1.95. The Kier molecular flexibility index (Phi) is 2.71. The zero-order chi connectivity index (χ0) is 7.40. The Labute approximate surface area is 64.8 Å². The fraction of sp³-hybridized carbons (Fsp3) is 0.286. The van der Waals surface area contributed by atoms with Crippen LogP contribution in [0.25, 0.3) is 0 Å². The third-order valence-corrected chi connectivity index (χ3v) is 2.14. The highest BCUT2D eigenvalue weighted by molar-refractivity contribution is 7.98. The molecule has 0 amide bonds. The number of pyridine rings is 1. The van der Waals surface area contributed by atoms with Gasteiger partial charge in [0.2, 0.25) is 0 Å². The maximum Gasteiger partial charge on any atom is 0.0323 e. The molecule has 0 saturated carbocycles. The van der Waals surface area contributed by atoms with Gasteiger partial charge in [0, 0.05) is 23.8 Å². The summed E-state index contributed by atoms with van der Waals surface area (Å²) >= 11 is 1.70. The average molecular weight is 154 g/mol. The molecule has 2 nitrogen and oxygen atoms in total. The second kappa shape index (κ2) is 3.58. The van der Waals surface area contributed by atoms with Crippen LogP contribution in [-0.2, 0) is 6.54 Å². The largest absolute Gasteiger partial charge is 0.326 e. The number of nitrogens with two attached hydrogens (primary N) is 1. The zero-order valence-corrected chi connectivity index (χ0v) is 6.69. The second-order valence-electron chi connectivity index (χ2n) is 1.89. The summed E-state index contributed by atoms with van der Waals surface area (Å²) in [5.74, 6) is 0. The molecule has 0 atom stereocenters. The van der Waals surface area contributed by atoms with Crippen molar-refractivity contribution in [2.45, 2.75) is 11.4 Å². The molecule has 1 heterocycles. The molecule has 0 aromatic carbocycles. The Morgan fingerprint density at radius 3 is 3.00 bits per heavy atom. The van der Waals surface area contributed by atoms with Crippen molar-refractivity contribution in [2.24, 2.45) is 5.73 Å². The quantitative estimate of drug-likeness (QED) is 0.652. The molecular formula is C7H10N2S. The third kappa shape index (κ3) is 1.49. The summed E-state index contributed by atoms with van der Waals surface area (Å²) in [4.78, 5) is 5.19. The maximum atomic E-state index is 5.47. The van der Waals surface area contributed by atoms with Crippen molar-refractivity contribution >= 4 is 11.8 Å². The lowest BCUT2D eigenvalue weighted by Crippen LogP contribution is -1.98. The highest BCUT2D eigenvalue weighted by atomic mass is 32.2. The number of nitrogens with zero attached hydrogens (tertiary/aromatic N) is 1. The van der Waals surface area contributed by atoms with Crippen LogP contribution in [0.5, 0.6) is 0 Å². The summed E-state index contributed by atoms with van der Waals surface area (Å²) < 4.78 is 0. The number of hydrogen-bond acceptors (Lipinski definition) is 3. The predicted octanol–water partition coefficient (Wildman–Crippen LogP) is 1.26. The van der Waals surface area contributed by atoms with Gasteiger partial charge in [0.05, 0.1) is 0 Å². The fourth-order valence-electron chi connectivity index (χ4n) is 0.767. The van der Waals surface area contributed by atoms with Crippen molar-refractivity contribution in [1.82, 2.24) is 4.98 Å². The van der Waals surface area contributed by atoms with Crippen molar-refractivity contribution in [3.8, 4) is 0 Å². The highest BCUT2D eigenvalue weighted by Crippen LogP contribution is 2.17. The lowest BCUT2D eigenvalue weighted by Gasteiger charge is -2.01. The van der Waals surface area contributed by atoms with Gasteiger partial charge >= 0.3 is 0 Å². The first-order valence-electron chi connectivity index (χ1n) is 3.05. The second-order valence-corrected chi connectivity index (χ2v) is 2.74. The van der Waals surface area contributed by atoms with Crippen LogP contribution in [-0.4, -0.2) is 11.2 Å². The van der Waals surface area contributed by atoms with Crippen LogP contribution in [0.15, 0.2) is 23.4 Å². The number of hydrogen-bond donors (Lipinski definition) is 1. The normalized spacial score (nSPS) is 9.80. The molecule has 2 N–H and O–H groups in total. The van der Waals surface area contributed by atoms with Gasteiger partial charge in [-0.1, -0.05) is 0 Å². The molecule has 1 aromatic rings. The minimum Gasteiger partial charge on any atom is -0.326 e. The van der Waals surface area contributed by atoms with Crippen molar-refractivity contribution < 1.29 is 0 Å². The Morgan fingerprint density at radius 1 is 1.70 bits per heavy atom. The molecule has 0 bridgehead atoms. The van der Waals surface area contributed by atoms with E-state index in [1.165, 1.54) is 4.90 Å². The minimum absolute atomic E-state index is 0.573. The fourth-order valence-corrected chi connectivity index (χ4v) is 1.36. The molecule has 1 aromatic heterocycles. The minimum atomic E-state index is 0.573. The van der Waals surface area contributed by atoms with Crippen LogP contribution in [0.1, 0.15) is 5.56 Å².